The minimum atomic E-state index is -0.610. The SMILES string of the molecule is COc1cc(C(=O)N2CCCC2)cc(OC)c1OCC(N)=O. The highest BCUT2D eigenvalue weighted by molar-refractivity contribution is 5.95. The molecule has 1 heterocycles. The zero-order chi connectivity index (χ0) is 16.1. The molecule has 7 nitrogen and oxygen atoms in total. The number of ether oxygens (including phenoxy) is 3. The number of rotatable bonds is 6. The zero-order valence-corrected chi connectivity index (χ0v) is 12.8. The van der Waals surface area contributed by atoms with Crippen molar-refractivity contribution in [3.63, 3.8) is 0 Å². The van der Waals surface area contributed by atoms with Crippen molar-refractivity contribution >= 4 is 11.8 Å². The van der Waals surface area contributed by atoms with Gasteiger partial charge in [-0.3, -0.25) is 9.59 Å². The molecular weight excluding hydrogens is 288 g/mol. The van der Waals surface area contributed by atoms with Gasteiger partial charge in [-0.1, -0.05) is 0 Å². The van der Waals surface area contributed by atoms with Crippen LogP contribution in [0.2, 0.25) is 0 Å². The molecule has 2 N–H and O–H groups in total. The quantitative estimate of drug-likeness (QED) is 0.839. The van der Waals surface area contributed by atoms with Crippen LogP contribution in [0, 0.1) is 0 Å². The molecule has 1 fully saturated rings. The van der Waals surface area contributed by atoms with Crippen molar-refractivity contribution in [2.24, 2.45) is 5.73 Å². The molecule has 0 spiro atoms. The fourth-order valence-corrected chi connectivity index (χ4v) is 2.39. The number of nitrogens with zero attached hydrogens (tertiary/aromatic N) is 1. The molecule has 1 aromatic rings. The molecule has 1 aliphatic heterocycles. The fraction of sp³-hybridized carbons (Fsp3) is 0.467. The highest BCUT2D eigenvalue weighted by atomic mass is 16.5. The van der Waals surface area contributed by atoms with Gasteiger partial charge >= 0.3 is 0 Å². The van der Waals surface area contributed by atoms with E-state index in [1.165, 1.54) is 14.2 Å². The van der Waals surface area contributed by atoms with E-state index in [1.807, 2.05) is 0 Å². The Morgan fingerprint density at radius 3 is 2.14 bits per heavy atom. The monoisotopic (exact) mass is 308 g/mol. The molecule has 0 saturated carbocycles. The third kappa shape index (κ3) is 3.41. The van der Waals surface area contributed by atoms with Gasteiger partial charge in [-0.2, -0.15) is 0 Å². The lowest BCUT2D eigenvalue weighted by Crippen LogP contribution is -2.27. The van der Waals surface area contributed by atoms with Gasteiger partial charge in [-0.15, -0.1) is 0 Å². The summed E-state index contributed by atoms with van der Waals surface area (Å²) in [5.74, 6) is 0.213. The summed E-state index contributed by atoms with van der Waals surface area (Å²) in [5, 5.41) is 0. The van der Waals surface area contributed by atoms with Gasteiger partial charge in [0.15, 0.2) is 18.1 Å². The first-order valence-corrected chi connectivity index (χ1v) is 7.03. The summed E-state index contributed by atoms with van der Waals surface area (Å²) >= 11 is 0. The molecule has 2 amide bonds. The van der Waals surface area contributed by atoms with Crippen LogP contribution in [0.15, 0.2) is 12.1 Å². The Labute approximate surface area is 128 Å². The number of likely N-dealkylation sites (tertiary alicyclic amines) is 1. The smallest absolute Gasteiger partial charge is 0.255 e. The number of benzene rings is 1. The zero-order valence-electron chi connectivity index (χ0n) is 12.8. The normalized spacial score (nSPS) is 13.8. The van der Waals surface area contributed by atoms with Crippen molar-refractivity contribution in [3.8, 4) is 17.2 Å². The number of methoxy groups -OCH3 is 2. The summed E-state index contributed by atoms with van der Waals surface area (Å²) in [6.07, 6.45) is 2.03. The summed E-state index contributed by atoms with van der Waals surface area (Å²) < 4.78 is 15.8. The average molecular weight is 308 g/mol. The van der Waals surface area contributed by atoms with Gasteiger partial charge in [0.05, 0.1) is 14.2 Å². The molecule has 0 radical (unpaired) electrons. The van der Waals surface area contributed by atoms with Crippen LogP contribution in [-0.4, -0.2) is 50.6 Å². The number of nitrogens with two attached hydrogens (primary N) is 1. The topological polar surface area (TPSA) is 91.1 Å². The van der Waals surface area contributed by atoms with Crippen LogP contribution in [0.4, 0.5) is 0 Å². The first-order valence-electron chi connectivity index (χ1n) is 7.03. The molecule has 1 aliphatic rings. The standard InChI is InChI=1S/C15H20N2O5/c1-20-11-7-10(15(19)17-5-3-4-6-17)8-12(21-2)14(11)22-9-13(16)18/h7-8H,3-6,9H2,1-2H3,(H2,16,18). The highest BCUT2D eigenvalue weighted by Gasteiger charge is 2.23. The van der Waals surface area contributed by atoms with E-state index in [-0.39, 0.29) is 18.3 Å². The van der Waals surface area contributed by atoms with E-state index in [1.54, 1.807) is 17.0 Å². The van der Waals surface area contributed by atoms with Gasteiger partial charge in [0, 0.05) is 18.7 Å². The number of amides is 2. The Bertz CT molecular complexity index is 542. The second-order valence-corrected chi connectivity index (χ2v) is 4.96. The van der Waals surface area contributed by atoms with Gasteiger partial charge in [0.2, 0.25) is 5.75 Å². The van der Waals surface area contributed by atoms with Gasteiger partial charge < -0.3 is 24.8 Å². The first-order chi connectivity index (χ1) is 10.6. The Hall–Kier alpha value is -2.44. The van der Waals surface area contributed by atoms with Crippen LogP contribution >= 0.6 is 0 Å². The lowest BCUT2D eigenvalue weighted by molar-refractivity contribution is -0.120. The lowest BCUT2D eigenvalue weighted by atomic mass is 10.1. The summed E-state index contributed by atoms with van der Waals surface area (Å²) in [7, 11) is 2.91. The van der Waals surface area contributed by atoms with E-state index in [0.29, 0.717) is 17.1 Å². The van der Waals surface area contributed by atoms with Crippen LogP contribution in [-0.2, 0) is 4.79 Å². The molecule has 0 atom stereocenters. The van der Waals surface area contributed by atoms with Gasteiger partial charge in [-0.05, 0) is 25.0 Å². The van der Waals surface area contributed by atoms with E-state index in [4.69, 9.17) is 19.9 Å². The Morgan fingerprint density at radius 1 is 1.14 bits per heavy atom. The average Bonchev–Trinajstić information content (AvgIpc) is 3.05. The Balaban J connectivity index is 2.32. The number of carbonyl (C=O) groups is 2. The Morgan fingerprint density at radius 2 is 1.68 bits per heavy atom. The molecule has 120 valence electrons. The van der Waals surface area contributed by atoms with Crippen molar-refractivity contribution < 1.29 is 23.8 Å². The van der Waals surface area contributed by atoms with Crippen LogP contribution in [0.3, 0.4) is 0 Å². The summed E-state index contributed by atoms with van der Waals surface area (Å²) in [5.41, 5.74) is 5.54. The van der Waals surface area contributed by atoms with Crippen LogP contribution in [0.25, 0.3) is 0 Å². The van der Waals surface area contributed by atoms with Gasteiger partial charge in [0.25, 0.3) is 11.8 Å². The third-order valence-electron chi connectivity index (χ3n) is 3.46. The van der Waals surface area contributed by atoms with Crippen LogP contribution in [0.1, 0.15) is 23.2 Å². The summed E-state index contributed by atoms with van der Waals surface area (Å²) in [4.78, 5) is 25.1. The highest BCUT2D eigenvalue weighted by Crippen LogP contribution is 2.39. The van der Waals surface area contributed by atoms with Crippen molar-refractivity contribution in [1.82, 2.24) is 4.90 Å². The van der Waals surface area contributed by atoms with Crippen molar-refractivity contribution in [2.75, 3.05) is 33.9 Å². The maximum Gasteiger partial charge on any atom is 0.255 e. The molecule has 1 aromatic carbocycles. The largest absolute Gasteiger partial charge is 0.493 e. The summed E-state index contributed by atoms with van der Waals surface area (Å²) in [6.45, 7) is 1.21. The minimum absolute atomic E-state index is 0.0736. The number of hydrogen-bond donors (Lipinski definition) is 1. The number of carbonyl (C=O) groups excluding carboxylic acids is 2. The second kappa shape index (κ2) is 7.02. The minimum Gasteiger partial charge on any atom is -0.493 e. The van der Waals surface area contributed by atoms with Crippen LogP contribution < -0.4 is 19.9 Å². The molecule has 7 heteroatoms. The fourth-order valence-electron chi connectivity index (χ4n) is 2.39. The van der Waals surface area contributed by atoms with Crippen molar-refractivity contribution in [1.29, 1.82) is 0 Å². The number of primary amides is 1. The molecule has 0 aliphatic carbocycles. The predicted molar refractivity (Wildman–Crippen MR) is 79.4 cm³/mol. The molecule has 22 heavy (non-hydrogen) atoms. The predicted octanol–water partition coefficient (Wildman–Crippen LogP) is 0.804. The van der Waals surface area contributed by atoms with E-state index >= 15 is 0 Å². The molecule has 0 aromatic heterocycles. The maximum atomic E-state index is 12.5. The van der Waals surface area contributed by atoms with Crippen molar-refractivity contribution in [2.45, 2.75) is 12.8 Å². The van der Waals surface area contributed by atoms with Crippen molar-refractivity contribution in [3.05, 3.63) is 17.7 Å². The number of hydrogen-bond acceptors (Lipinski definition) is 5. The van der Waals surface area contributed by atoms with E-state index in [0.717, 1.165) is 25.9 Å². The first kappa shape index (κ1) is 15.9. The van der Waals surface area contributed by atoms with Gasteiger partial charge in [0.1, 0.15) is 0 Å². The molecular formula is C15H20N2O5. The Kier molecular flexibility index (Phi) is 5.08. The van der Waals surface area contributed by atoms with E-state index in [2.05, 4.69) is 0 Å². The van der Waals surface area contributed by atoms with Gasteiger partial charge in [-0.25, -0.2) is 0 Å². The molecule has 1 saturated heterocycles. The molecule has 0 unspecified atom stereocenters. The molecule has 2 rings (SSSR count). The lowest BCUT2D eigenvalue weighted by Gasteiger charge is -2.18. The third-order valence-corrected chi connectivity index (χ3v) is 3.46. The van der Waals surface area contributed by atoms with E-state index in [9.17, 15) is 9.59 Å². The van der Waals surface area contributed by atoms with Crippen LogP contribution in [0.5, 0.6) is 17.2 Å². The maximum absolute atomic E-state index is 12.5. The second-order valence-electron chi connectivity index (χ2n) is 4.96. The molecule has 0 bridgehead atoms. The van der Waals surface area contributed by atoms with E-state index < -0.39 is 5.91 Å². The summed E-state index contributed by atoms with van der Waals surface area (Å²) in [6, 6.07) is 3.17.